The number of piperidine rings is 1. The number of hydrogen-bond donors (Lipinski definition) is 2. The highest BCUT2D eigenvalue weighted by Gasteiger charge is 2.13. The van der Waals surface area contributed by atoms with E-state index in [9.17, 15) is 4.79 Å². The Bertz CT molecular complexity index is 1050. The summed E-state index contributed by atoms with van der Waals surface area (Å²) in [6.07, 6.45) is 3.70. The summed E-state index contributed by atoms with van der Waals surface area (Å²) in [5.41, 5.74) is 3.01. The van der Waals surface area contributed by atoms with Crippen LogP contribution in [0, 0.1) is 0 Å². The Morgan fingerprint density at radius 3 is 2.16 bits per heavy atom. The smallest absolute Gasteiger partial charge is 0.323 e. The molecule has 0 atom stereocenters. The van der Waals surface area contributed by atoms with E-state index in [2.05, 4.69) is 25.7 Å². The predicted molar refractivity (Wildman–Crippen MR) is 126 cm³/mol. The topological polar surface area (TPSA) is 88.6 Å². The van der Waals surface area contributed by atoms with Crippen molar-refractivity contribution in [3.8, 4) is 22.8 Å². The van der Waals surface area contributed by atoms with E-state index in [1.54, 1.807) is 32.4 Å². The molecule has 1 fully saturated rings. The zero-order valence-corrected chi connectivity index (χ0v) is 18.3. The Kier molecular flexibility index (Phi) is 6.69. The number of aromatic nitrogens is 2. The second-order valence-corrected chi connectivity index (χ2v) is 7.55. The van der Waals surface area contributed by atoms with Crippen molar-refractivity contribution in [2.75, 3.05) is 42.8 Å². The lowest BCUT2D eigenvalue weighted by Crippen LogP contribution is -2.30. The first-order valence-corrected chi connectivity index (χ1v) is 10.7. The molecule has 1 aromatic heterocycles. The predicted octanol–water partition coefficient (Wildman–Crippen LogP) is 4.80. The molecule has 1 aliphatic rings. The van der Waals surface area contributed by atoms with Gasteiger partial charge in [-0.2, -0.15) is 0 Å². The summed E-state index contributed by atoms with van der Waals surface area (Å²) < 4.78 is 10.5. The monoisotopic (exact) mass is 433 g/mol. The largest absolute Gasteiger partial charge is 0.493 e. The fourth-order valence-corrected chi connectivity index (χ4v) is 3.70. The van der Waals surface area contributed by atoms with Gasteiger partial charge < -0.3 is 25.0 Å². The van der Waals surface area contributed by atoms with Crippen LogP contribution in [0.3, 0.4) is 0 Å². The number of nitrogens with zero attached hydrogens (tertiary/aromatic N) is 3. The number of urea groups is 1. The van der Waals surface area contributed by atoms with Crippen LogP contribution in [0.2, 0.25) is 0 Å². The molecular formula is C24H27N5O3. The molecule has 1 saturated heterocycles. The summed E-state index contributed by atoms with van der Waals surface area (Å²) in [4.78, 5) is 14.6. The molecule has 3 aromatic rings. The summed E-state index contributed by atoms with van der Waals surface area (Å²) in [5.74, 6) is 2.07. The standard InChI is InChI=1S/C24H27N5O3/c1-31-21-12-10-19(16-22(21)32-2)26-24(30)25-18-8-6-17(7-9-18)20-11-13-23(28-27-20)29-14-4-3-5-15-29/h6-13,16H,3-5,14-15H2,1-2H3,(H2,25,26,30). The maximum absolute atomic E-state index is 12.4. The van der Waals surface area contributed by atoms with Gasteiger partial charge in [0.25, 0.3) is 0 Å². The molecule has 8 nitrogen and oxygen atoms in total. The van der Waals surface area contributed by atoms with E-state index in [-0.39, 0.29) is 6.03 Å². The molecule has 0 unspecified atom stereocenters. The number of carbonyl (C=O) groups is 1. The fraction of sp³-hybridized carbons (Fsp3) is 0.292. The first kappa shape index (κ1) is 21.4. The number of methoxy groups -OCH3 is 2. The molecule has 2 aromatic carbocycles. The van der Waals surface area contributed by atoms with Gasteiger partial charge in [0, 0.05) is 36.1 Å². The third kappa shape index (κ3) is 5.08. The number of ether oxygens (including phenoxy) is 2. The highest BCUT2D eigenvalue weighted by Crippen LogP contribution is 2.30. The summed E-state index contributed by atoms with van der Waals surface area (Å²) in [6, 6.07) is 16.3. The van der Waals surface area contributed by atoms with Crippen LogP contribution in [0.15, 0.2) is 54.6 Å². The van der Waals surface area contributed by atoms with Crippen LogP contribution in [-0.4, -0.2) is 43.5 Å². The normalized spacial score (nSPS) is 13.4. The highest BCUT2D eigenvalue weighted by molar-refractivity contribution is 6.00. The second-order valence-electron chi connectivity index (χ2n) is 7.55. The summed E-state index contributed by atoms with van der Waals surface area (Å²) in [7, 11) is 3.12. The van der Waals surface area contributed by atoms with Crippen LogP contribution in [0.5, 0.6) is 11.5 Å². The molecule has 2 amide bonds. The molecule has 32 heavy (non-hydrogen) atoms. The van der Waals surface area contributed by atoms with E-state index in [4.69, 9.17) is 9.47 Å². The van der Waals surface area contributed by atoms with Gasteiger partial charge in [-0.05, 0) is 55.7 Å². The third-order valence-corrected chi connectivity index (χ3v) is 5.41. The molecule has 2 heterocycles. The van der Waals surface area contributed by atoms with E-state index in [0.29, 0.717) is 22.9 Å². The van der Waals surface area contributed by atoms with E-state index in [0.717, 1.165) is 30.2 Å². The van der Waals surface area contributed by atoms with Gasteiger partial charge in [0.2, 0.25) is 0 Å². The van der Waals surface area contributed by atoms with Crippen molar-refractivity contribution in [3.05, 3.63) is 54.6 Å². The SMILES string of the molecule is COc1ccc(NC(=O)Nc2ccc(-c3ccc(N4CCCCC4)nn3)cc2)cc1OC. The molecule has 0 bridgehead atoms. The first-order chi connectivity index (χ1) is 15.7. The van der Waals surface area contributed by atoms with E-state index >= 15 is 0 Å². The number of carbonyl (C=O) groups excluding carboxylic acids is 1. The maximum Gasteiger partial charge on any atom is 0.323 e. The molecule has 1 aliphatic heterocycles. The molecular weight excluding hydrogens is 406 g/mol. The Labute approximate surface area is 187 Å². The minimum atomic E-state index is -0.351. The first-order valence-electron chi connectivity index (χ1n) is 10.7. The quantitative estimate of drug-likeness (QED) is 0.581. The minimum absolute atomic E-state index is 0.351. The summed E-state index contributed by atoms with van der Waals surface area (Å²) in [5, 5.41) is 14.4. The average Bonchev–Trinajstić information content (AvgIpc) is 2.85. The van der Waals surface area contributed by atoms with Gasteiger partial charge in [0.05, 0.1) is 19.9 Å². The van der Waals surface area contributed by atoms with Crippen molar-refractivity contribution >= 4 is 23.2 Å². The van der Waals surface area contributed by atoms with E-state index < -0.39 is 0 Å². The third-order valence-electron chi connectivity index (χ3n) is 5.41. The van der Waals surface area contributed by atoms with Gasteiger partial charge in [-0.1, -0.05) is 12.1 Å². The Hall–Kier alpha value is -3.81. The number of amides is 2. The lowest BCUT2D eigenvalue weighted by molar-refractivity contribution is 0.262. The second kappa shape index (κ2) is 10.00. The van der Waals surface area contributed by atoms with Gasteiger partial charge in [-0.3, -0.25) is 0 Å². The van der Waals surface area contributed by atoms with Crippen LogP contribution < -0.4 is 25.0 Å². The van der Waals surface area contributed by atoms with Crippen molar-refractivity contribution in [1.82, 2.24) is 10.2 Å². The molecule has 2 N–H and O–H groups in total. The Balaban J connectivity index is 1.36. The molecule has 166 valence electrons. The van der Waals surface area contributed by atoms with E-state index in [1.807, 2.05) is 36.4 Å². The van der Waals surface area contributed by atoms with Crippen molar-refractivity contribution in [2.24, 2.45) is 0 Å². The summed E-state index contributed by atoms with van der Waals surface area (Å²) in [6.45, 7) is 2.08. The zero-order chi connectivity index (χ0) is 22.3. The van der Waals surface area contributed by atoms with Gasteiger partial charge in [-0.15, -0.1) is 10.2 Å². The Morgan fingerprint density at radius 1 is 0.812 bits per heavy atom. The average molecular weight is 434 g/mol. The molecule has 0 spiro atoms. The van der Waals surface area contributed by atoms with Gasteiger partial charge in [0.15, 0.2) is 17.3 Å². The number of anilines is 3. The lowest BCUT2D eigenvalue weighted by Gasteiger charge is -2.27. The number of rotatable bonds is 6. The molecule has 8 heteroatoms. The van der Waals surface area contributed by atoms with Crippen molar-refractivity contribution < 1.29 is 14.3 Å². The molecule has 0 saturated carbocycles. The Morgan fingerprint density at radius 2 is 1.50 bits per heavy atom. The van der Waals surface area contributed by atoms with E-state index in [1.165, 1.54) is 19.3 Å². The lowest BCUT2D eigenvalue weighted by atomic mass is 10.1. The van der Waals surface area contributed by atoms with Crippen molar-refractivity contribution in [3.63, 3.8) is 0 Å². The number of hydrogen-bond acceptors (Lipinski definition) is 6. The van der Waals surface area contributed by atoms with Crippen LogP contribution in [-0.2, 0) is 0 Å². The number of nitrogens with one attached hydrogen (secondary N) is 2. The highest BCUT2D eigenvalue weighted by atomic mass is 16.5. The van der Waals surface area contributed by atoms with Crippen molar-refractivity contribution in [1.29, 1.82) is 0 Å². The fourth-order valence-electron chi connectivity index (χ4n) is 3.70. The van der Waals surface area contributed by atoms with Crippen LogP contribution in [0.25, 0.3) is 11.3 Å². The van der Waals surface area contributed by atoms with Crippen LogP contribution in [0.4, 0.5) is 22.0 Å². The minimum Gasteiger partial charge on any atom is -0.493 e. The van der Waals surface area contributed by atoms with Gasteiger partial charge in [0.1, 0.15) is 0 Å². The maximum atomic E-state index is 12.4. The number of benzene rings is 2. The van der Waals surface area contributed by atoms with Gasteiger partial charge in [-0.25, -0.2) is 4.79 Å². The summed E-state index contributed by atoms with van der Waals surface area (Å²) >= 11 is 0. The van der Waals surface area contributed by atoms with Crippen molar-refractivity contribution in [2.45, 2.75) is 19.3 Å². The molecule has 4 rings (SSSR count). The van der Waals surface area contributed by atoms with Crippen LogP contribution in [0.1, 0.15) is 19.3 Å². The van der Waals surface area contributed by atoms with Crippen LogP contribution >= 0.6 is 0 Å². The van der Waals surface area contributed by atoms with Gasteiger partial charge >= 0.3 is 6.03 Å². The zero-order valence-electron chi connectivity index (χ0n) is 18.3. The molecule has 0 aliphatic carbocycles. The molecule has 0 radical (unpaired) electrons.